The molecule has 2 N–H and O–H groups in total. The van der Waals surface area contributed by atoms with E-state index < -0.39 is 34.3 Å². The van der Waals surface area contributed by atoms with E-state index in [0.29, 0.717) is 32.0 Å². The topological polar surface area (TPSA) is 142 Å². The molecule has 3 aliphatic rings. The Hall–Kier alpha value is -2.36. The highest BCUT2D eigenvalue weighted by Gasteiger charge is 2.44. The number of hydrogen-bond donors (Lipinski definition) is 2. The van der Waals surface area contributed by atoms with Gasteiger partial charge in [-0.1, -0.05) is 12.2 Å². The number of rotatable bonds is 6. The maximum absolute atomic E-state index is 13.8. The van der Waals surface area contributed by atoms with Gasteiger partial charge in [-0.15, -0.1) is 0 Å². The molecule has 12 nitrogen and oxygen atoms in total. The van der Waals surface area contributed by atoms with Crippen molar-refractivity contribution >= 4 is 24.0 Å². The highest BCUT2D eigenvalue weighted by atomic mass is 32.2. The summed E-state index contributed by atoms with van der Waals surface area (Å²) in [5, 5.41) is 13.5. The van der Waals surface area contributed by atoms with E-state index in [0.717, 1.165) is 17.1 Å². The van der Waals surface area contributed by atoms with Crippen molar-refractivity contribution in [3.63, 3.8) is 0 Å². The monoisotopic (exact) mass is 568 g/mol. The van der Waals surface area contributed by atoms with Gasteiger partial charge in [-0.25, -0.2) is 13.2 Å². The zero-order valence-electron chi connectivity index (χ0n) is 22.3. The first kappa shape index (κ1) is 29.6. The molecule has 0 bridgehead atoms. The molecule has 3 aliphatic heterocycles. The summed E-state index contributed by atoms with van der Waals surface area (Å²) < 4.78 is 61.9. The molecule has 2 fully saturated rings. The van der Waals surface area contributed by atoms with Gasteiger partial charge in [-0.3, -0.25) is 0 Å². The Bertz CT molecular complexity index is 1100. The van der Waals surface area contributed by atoms with Crippen molar-refractivity contribution in [1.29, 1.82) is 0 Å². The molecule has 0 saturated carbocycles. The molecule has 0 spiro atoms. The number of β-amino-alcohol motifs (C(OH)–C–C–N with tert-alkyl or cyclic N) is 1. The summed E-state index contributed by atoms with van der Waals surface area (Å²) in [4.78, 5) is 12.5. The number of carbonyl (C=O) groups is 1. The first-order chi connectivity index (χ1) is 18.8. The van der Waals surface area contributed by atoms with Crippen LogP contribution in [0, 0.1) is 5.92 Å². The fourth-order valence-corrected chi connectivity index (χ4v) is 6.20. The van der Waals surface area contributed by atoms with E-state index in [2.05, 4.69) is 5.32 Å². The maximum atomic E-state index is 13.8. The highest BCUT2D eigenvalue weighted by Crippen LogP contribution is 2.33. The number of ether oxygens (including phenoxy) is 6. The van der Waals surface area contributed by atoms with Crippen molar-refractivity contribution < 1.29 is 46.7 Å². The van der Waals surface area contributed by atoms with E-state index in [-0.39, 0.29) is 49.2 Å². The Morgan fingerprint density at radius 3 is 2.92 bits per heavy atom. The Morgan fingerprint density at radius 2 is 2.10 bits per heavy atom. The van der Waals surface area contributed by atoms with Gasteiger partial charge in [0.2, 0.25) is 10.0 Å². The van der Waals surface area contributed by atoms with E-state index in [4.69, 9.17) is 28.4 Å². The van der Waals surface area contributed by atoms with Crippen LogP contribution in [0.2, 0.25) is 0 Å². The van der Waals surface area contributed by atoms with Crippen LogP contribution in [0.1, 0.15) is 19.3 Å². The predicted octanol–water partition coefficient (Wildman–Crippen LogP) is 0.239. The van der Waals surface area contributed by atoms with Gasteiger partial charge < -0.3 is 38.8 Å². The minimum atomic E-state index is -4.12. The number of fused-ring (bicyclic) bond motifs is 2. The van der Waals surface area contributed by atoms with Crippen LogP contribution in [0.15, 0.2) is 35.2 Å². The van der Waals surface area contributed by atoms with Crippen molar-refractivity contribution in [1.82, 2.24) is 9.62 Å². The fraction of sp³-hybridized carbons (Fsp3) is 0.640. The molecule has 1 amide bonds. The molecule has 39 heavy (non-hydrogen) atoms. The van der Waals surface area contributed by atoms with Crippen LogP contribution in [0.3, 0.4) is 0 Å². The van der Waals surface area contributed by atoms with Gasteiger partial charge in [-0.2, -0.15) is 4.31 Å². The summed E-state index contributed by atoms with van der Waals surface area (Å²) in [7, 11) is -1.05. The Kier molecular flexibility index (Phi) is 10.5. The molecule has 0 unspecified atom stereocenters. The third-order valence-corrected chi connectivity index (χ3v) is 8.87. The third-order valence-electron chi connectivity index (χ3n) is 6.96. The predicted molar refractivity (Wildman–Crippen MR) is 142 cm³/mol. The molecule has 14 heteroatoms. The molecule has 216 valence electrons. The lowest BCUT2D eigenvalue weighted by molar-refractivity contribution is -0.0907. The second-order valence-electron chi connectivity index (χ2n) is 9.68. The van der Waals surface area contributed by atoms with Gasteiger partial charge in [0.15, 0.2) is 6.29 Å². The summed E-state index contributed by atoms with van der Waals surface area (Å²) in [6.07, 6.45) is 3.31. The summed E-state index contributed by atoms with van der Waals surface area (Å²) in [5.41, 5.74) is 0. The minimum Gasteiger partial charge on any atom is -0.497 e. The zero-order valence-corrected chi connectivity index (χ0v) is 23.1. The second-order valence-corrected chi connectivity index (χ2v) is 11.6. The first-order valence-electron chi connectivity index (χ1n) is 13.2. The lowest BCUT2D eigenvalue weighted by Crippen LogP contribution is -2.51. The average Bonchev–Trinajstić information content (AvgIpc) is 3.53. The lowest BCUT2D eigenvalue weighted by atomic mass is 9.91. The van der Waals surface area contributed by atoms with E-state index in [1.54, 1.807) is 13.9 Å². The number of carbonyl (C=O) groups excluding carboxylic acids is 1. The van der Waals surface area contributed by atoms with E-state index in [1.165, 1.54) is 19.2 Å². The molecule has 2 saturated heterocycles. The van der Waals surface area contributed by atoms with Gasteiger partial charge in [0, 0.05) is 25.1 Å². The average molecular weight is 568 g/mol. The van der Waals surface area contributed by atoms with Crippen molar-refractivity contribution in [3.05, 3.63) is 30.4 Å². The molecule has 0 aromatic heterocycles. The first-order valence-corrected chi connectivity index (χ1v) is 14.7. The van der Waals surface area contributed by atoms with Crippen molar-refractivity contribution in [2.24, 2.45) is 5.92 Å². The van der Waals surface area contributed by atoms with E-state index in [9.17, 15) is 18.3 Å². The minimum absolute atomic E-state index is 0.0155. The largest absolute Gasteiger partial charge is 0.497 e. The van der Waals surface area contributed by atoms with Crippen LogP contribution in [0.5, 0.6) is 11.5 Å². The number of amides is 1. The SMILES string of the molecule is B[C@H](NC(=O)O[C@H]1CO[C@H]2OCC[C@H]21)[C@H](O)CN1CCOC/C=C\CCCOc2cc(OC)ccc2S1(=O)=O. The molecule has 0 radical (unpaired) electrons. The number of hydrogen-bond acceptors (Lipinski definition) is 10. The number of aliphatic hydroxyl groups excluding tert-OH is 1. The zero-order chi connectivity index (χ0) is 27.8. The number of aliphatic hydroxyl groups is 1. The lowest BCUT2D eigenvalue weighted by Gasteiger charge is -2.29. The van der Waals surface area contributed by atoms with Crippen molar-refractivity contribution in [3.8, 4) is 11.5 Å². The molecular weight excluding hydrogens is 531 g/mol. The molecule has 5 atom stereocenters. The van der Waals surface area contributed by atoms with Gasteiger partial charge in [0.05, 0.1) is 52.2 Å². The van der Waals surface area contributed by atoms with E-state index >= 15 is 0 Å². The number of nitrogens with zero attached hydrogens (tertiary/aromatic N) is 1. The van der Waals surface area contributed by atoms with Crippen molar-refractivity contribution in [2.75, 3.05) is 53.2 Å². The fourth-order valence-electron chi connectivity index (χ4n) is 4.64. The van der Waals surface area contributed by atoms with Crippen LogP contribution < -0.4 is 14.8 Å². The molecular formula is C25H37BN2O10S. The summed E-state index contributed by atoms with van der Waals surface area (Å²) in [6, 6.07) is 4.51. The van der Waals surface area contributed by atoms with Gasteiger partial charge in [0.1, 0.15) is 30.3 Å². The smallest absolute Gasteiger partial charge is 0.407 e. The second kappa shape index (κ2) is 13.8. The molecule has 1 aromatic carbocycles. The summed E-state index contributed by atoms with van der Waals surface area (Å²) >= 11 is 0. The number of methoxy groups -OCH3 is 1. The van der Waals surface area contributed by atoms with Crippen LogP contribution >= 0.6 is 0 Å². The third kappa shape index (κ3) is 7.65. The number of sulfonamides is 1. The molecule has 0 aliphatic carbocycles. The molecule has 4 rings (SSSR count). The molecule has 1 aromatic rings. The van der Waals surface area contributed by atoms with E-state index in [1.807, 2.05) is 12.2 Å². The standard InChI is InChI=1S/C25H37BN2O10S/c1-33-17-6-7-22-20(14-17)35-11-5-3-2-4-10-34-13-9-28(39(22,31)32)15-19(29)23(26)27-25(30)38-21-16-37-24-18(21)8-12-36-24/h2,4,6-7,14,18-19,21,23-24,29H,3,5,8-13,15-16,26H2,1H3,(H,27,30)/b4-2-/t18-,19+,21-,23+,24+/m0/s1. The Balaban J connectivity index is 1.45. The Labute approximate surface area is 230 Å². The number of alkyl carbamates (subject to hydrolysis) is 1. The van der Waals surface area contributed by atoms with Gasteiger partial charge in [0.25, 0.3) is 0 Å². The maximum Gasteiger partial charge on any atom is 0.407 e. The number of benzene rings is 1. The van der Waals surface area contributed by atoms with Gasteiger partial charge >= 0.3 is 6.09 Å². The number of allylic oxidation sites excluding steroid dienone is 1. The normalized spacial score (nSPS) is 28.1. The summed E-state index contributed by atoms with van der Waals surface area (Å²) in [6.45, 7) is 1.25. The summed E-state index contributed by atoms with van der Waals surface area (Å²) in [5.74, 6) is -0.209. The van der Waals surface area contributed by atoms with Crippen LogP contribution in [-0.4, -0.2) is 109 Å². The Morgan fingerprint density at radius 1 is 1.26 bits per heavy atom. The number of nitrogens with one attached hydrogen (secondary N) is 1. The van der Waals surface area contributed by atoms with Gasteiger partial charge in [-0.05, 0) is 31.4 Å². The van der Waals surface area contributed by atoms with Crippen LogP contribution in [-0.2, 0) is 29.0 Å². The van der Waals surface area contributed by atoms with Crippen LogP contribution in [0.25, 0.3) is 0 Å². The van der Waals surface area contributed by atoms with Crippen molar-refractivity contribution in [2.45, 2.75) is 48.6 Å². The quantitative estimate of drug-likeness (QED) is 0.362. The highest BCUT2D eigenvalue weighted by molar-refractivity contribution is 7.89. The molecule has 3 heterocycles. The van der Waals surface area contributed by atoms with Crippen LogP contribution in [0.4, 0.5) is 4.79 Å².